The molecule has 0 spiro atoms. The van der Waals surface area contributed by atoms with E-state index in [1.807, 2.05) is 0 Å². The van der Waals surface area contributed by atoms with E-state index in [1.54, 1.807) is 13.8 Å². The van der Waals surface area contributed by atoms with Crippen LogP contribution in [0.25, 0.3) is 0 Å². The number of fused-ring (bicyclic) bond motifs is 1. The Morgan fingerprint density at radius 2 is 1.87 bits per heavy atom. The molecule has 30 heavy (non-hydrogen) atoms. The van der Waals surface area contributed by atoms with Crippen LogP contribution in [0.15, 0.2) is 35.5 Å². The summed E-state index contributed by atoms with van der Waals surface area (Å²) < 4.78 is 0. The summed E-state index contributed by atoms with van der Waals surface area (Å²) in [6, 6.07) is 0. The lowest BCUT2D eigenvalue weighted by Crippen LogP contribution is -2.39. The van der Waals surface area contributed by atoms with Gasteiger partial charge in [0.25, 0.3) is 0 Å². The van der Waals surface area contributed by atoms with Crippen molar-refractivity contribution in [2.75, 3.05) is 0 Å². The molecule has 0 saturated heterocycles. The fourth-order valence-corrected chi connectivity index (χ4v) is 5.52. The van der Waals surface area contributed by atoms with Crippen molar-refractivity contribution in [3.05, 3.63) is 35.5 Å². The van der Waals surface area contributed by atoms with Crippen molar-refractivity contribution in [1.82, 2.24) is 0 Å². The standard InChI is InChI=1S/C27H36O3/c1-19-21(17-22(28)18-24(19)29)11-10-20-9-8-15-27(5)23(20)12-16-26(27,4)14-7-6-13-25(2,3)30/h10-11,22-24,28-30H,1,8-9,12,15-18H2,2-5H3/b20-10+,21-11-/t22-,23+,24+,26+,27+/m1/s1. The lowest BCUT2D eigenvalue weighted by molar-refractivity contribution is 0.0862. The Balaban J connectivity index is 1.85. The highest BCUT2D eigenvalue weighted by atomic mass is 16.3. The quantitative estimate of drug-likeness (QED) is 0.567. The van der Waals surface area contributed by atoms with Crippen LogP contribution in [-0.4, -0.2) is 33.1 Å². The van der Waals surface area contributed by atoms with Crippen molar-refractivity contribution in [1.29, 1.82) is 0 Å². The Kier molecular flexibility index (Phi) is 6.41. The summed E-state index contributed by atoms with van der Waals surface area (Å²) in [5.41, 5.74) is 2.13. The SMILES string of the molecule is C=C1/C(=C\C=C2/CCC[C@@]3(C)[C@H]2CC[C@]3(C)C#CC#CC(C)(C)O)C[C@@H](O)C[C@@H]1O. The van der Waals surface area contributed by atoms with Crippen molar-refractivity contribution in [2.24, 2.45) is 16.7 Å². The Hall–Kier alpha value is -1.78. The minimum atomic E-state index is -1.02. The number of aliphatic hydroxyl groups excluding tert-OH is 2. The molecule has 0 amide bonds. The predicted octanol–water partition coefficient (Wildman–Crippen LogP) is 4.30. The van der Waals surface area contributed by atoms with Gasteiger partial charge in [0.1, 0.15) is 5.60 Å². The Morgan fingerprint density at radius 1 is 1.13 bits per heavy atom. The molecule has 3 aliphatic rings. The van der Waals surface area contributed by atoms with Gasteiger partial charge in [-0.3, -0.25) is 0 Å². The second kappa shape index (κ2) is 8.39. The van der Waals surface area contributed by atoms with E-state index in [9.17, 15) is 15.3 Å². The molecule has 5 atom stereocenters. The molecule has 0 aliphatic heterocycles. The van der Waals surface area contributed by atoms with E-state index in [0.717, 1.165) is 43.3 Å². The van der Waals surface area contributed by atoms with E-state index >= 15 is 0 Å². The average molecular weight is 409 g/mol. The zero-order valence-corrected chi connectivity index (χ0v) is 18.9. The molecule has 0 unspecified atom stereocenters. The molecule has 3 nitrogen and oxygen atoms in total. The summed E-state index contributed by atoms with van der Waals surface area (Å²) in [6.07, 6.45) is 9.62. The van der Waals surface area contributed by atoms with Crippen LogP contribution < -0.4 is 0 Å². The van der Waals surface area contributed by atoms with Crippen molar-refractivity contribution >= 4 is 0 Å². The van der Waals surface area contributed by atoms with Crippen molar-refractivity contribution in [2.45, 2.75) is 90.4 Å². The molecule has 3 fully saturated rings. The van der Waals surface area contributed by atoms with Gasteiger partial charge in [0.2, 0.25) is 0 Å². The van der Waals surface area contributed by atoms with Gasteiger partial charge >= 0.3 is 0 Å². The van der Waals surface area contributed by atoms with Crippen LogP contribution in [0.5, 0.6) is 0 Å². The van der Waals surface area contributed by atoms with Gasteiger partial charge in [-0.1, -0.05) is 43.1 Å². The fraction of sp³-hybridized carbons (Fsp3) is 0.630. The van der Waals surface area contributed by atoms with Crippen LogP contribution in [0.1, 0.15) is 72.6 Å². The lowest BCUT2D eigenvalue weighted by atomic mass is 9.58. The normalized spacial score (nSPS) is 39.2. The van der Waals surface area contributed by atoms with Gasteiger partial charge in [-0.2, -0.15) is 0 Å². The number of hydrogen-bond donors (Lipinski definition) is 3. The van der Waals surface area contributed by atoms with Gasteiger partial charge < -0.3 is 15.3 Å². The monoisotopic (exact) mass is 408 g/mol. The molecule has 0 bridgehead atoms. The molecule has 0 aromatic heterocycles. The smallest absolute Gasteiger partial charge is 0.120 e. The number of allylic oxidation sites excluding steroid dienone is 3. The van der Waals surface area contributed by atoms with Gasteiger partial charge in [0, 0.05) is 11.8 Å². The lowest BCUT2D eigenvalue weighted by Gasteiger charge is -2.45. The third-order valence-electron chi connectivity index (χ3n) is 7.61. The average Bonchev–Trinajstić information content (AvgIpc) is 2.92. The Bertz CT molecular complexity index is 879. The minimum absolute atomic E-state index is 0.0978. The van der Waals surface area contributed by atoms with Crippen LogP contribution in [0, 0.1) is 40.4 Å². The maximum absolute atomic E-state index is 10.1. The van der Waals surface area contributed by atoms with Crippen LogP contribution in [0.4, 0.5) is 0 Å². The molecule has 3 heteroatoms. The van der Waals surface area contributed by atoms with E-state index < -0.39 is 17.8 Å². The van der Waals surface area contributed by atoms with E-state index in [-0.39, 0.29) is 10.8 Å². The first kappa shape index (κ1) is 22.9. The predicted molar refractivity (Wildman–Crippen MR) is 121 cm³/mol. The van der Waals surface area contributed by atoms with Crippen LogP contribution >= 0.6 is 0 Å². The van der Waals surface area contributed by atoms with Gasteiger partial charge in [0.05, 0.1) is 12.2 Å². The number of aliphatic hydroxyl groups is 3. The topological polar surface area (TPSA) is 60.7 Å². The van der Waals surface area contributed by atoms with E-state index in [0.29, 0.717) is 18.8 Å². The first-order valence-electron chi connectivity index (χ1n) is 11.2. The van der Waals surface area contributed by atoms with E-state index in [4.69, 9.17) is 0 Å². The second-order valence-electron chi connectivity index (χ2n) is 10.3. The van der Waals surface area contributed by atoms with Crippen LogP contribution in [-0.2, 0) is 0 Å². The minimum Gasteiger partial charge on any atom is -0.393 e. The largest absolute Gasteiger partial charge is 0.393 e. The highest BCUT2D eigenvalue weighted by molar-refractivity contribution is 5.40. The van der Waals surface area contributed by atoms with Gasteiger partial charge in [-0.05, 0) is 93.6 Å². The molecular formula is C27H36O3. The summed E-state index contributed by atoms with van der Waals surface area (Å²) in [6.45, 7) is 12.0. The third-order valence-corrected chi connectivity index (χ3v) is 7.61. The molecule has 3 N–H and O–H groups in total. The van der Waals surface area contributed by atoms with Gasteiger partial charge in [-0.15, -0.1) is 0 Å². The van der Waals surface area contributed by atoms with Crippen molar-refractivity contribution in [3.8, 4) is 23.7 Å². The maximum Gasteiger partial charge on any atom is 0.120 e. The summed E-state index contributed by atoms with van der Waals surface area (Å²) in [5.74, 6) is 12.6. The van der Waals surface area contributed by atoms with E-state index in [1.165, 1.54) is 5.57 Å². The molecule has 3 rings (SSSR count). The van der Waals surface area contributed by atoms with Gasteiger partial charge in [-0.25, -0.2) is 0 Å². The Morgan fingerprint density at radius 3 is 2.57 bits per heavy atom. The van der Waals surface area contributed by atoms with Crippen molar-refractivity contribution < 1.29 is 15.3 Å². The zero-order chi connectivity index (χ0) is 22.2. The molecular weight excluding hydrogens is 372 g/mol. The van der Waals surface area contributed by atoms with Gasteiger partial charge in [0.15, 0.2) is 0 Å². The Labute approximate surface area is 182 Å². The van der Waals surface area contributed by atoms with Crippen molar-refractivity contribution in [3.63, 3.8) is 0 Å². The maximum atomic E-state index is 10.1. The van der Waals surface area contributed by atoms with E-state index in [2.05, 4.69) is 56.3 Å². The number of rotatable bonds is 1. The summed E-state index contributed by atoms with van der Waals surface area (Å²) in [5, 5.41) is 29.9. The fourth-order valence-electron chi connectivity index (χ4n) is 5.52. The molecule has 3 aliphatic carbocycles. The third kappa shape index (κ3) is 4.60. The summed E-state index contributed by atoms with van der Waals surface area (Å²) in [4.78, 5) is 0. The highest BCUT2D eigenvalue weighted by Crippen LogP contribution is 2.63. The van der Waals surface area contributed by atoms with Crippen LogP contribution in [0.3, 0.4) is 0 Å². The molecule has 0 aromatic carbocycles. The highest BCUT2D eigenvalue weighted by Gasteiger charge is 2.55. The number of hydrogen-bond acceptors (Lipinski definition) is 3. The molecule has 0 radical (unpaired) electrons. The molecule has 0 heterocycles. The summed E-state index contributed by atoms with van der Waals surface area (Å²) in [7, 11) is 0. The molecule has 3 saturated carbocycles. The summed E-state index contributed by atoms with van der Waals surface area (Å²) >= 11 is 0. The zero-order valence-electron chi connectivity index (χ0n) is 18.9. The molecule has 162 valence electrons. The first-order valence-corrected chi connectivity index (χ1v) is 11.2. The second-order valence-corrected chi connectivity index (χ2v) is 10.3. The van der Waals surface area contributed by atoms with Crippen LogP contribution in [0.2, 0.25) is 0 Å². The first-order chi connectivity index (χ1) is 14.0. The molecule has 0 aromatic rings.